The second kappa shape index (κ2) is 4.57. The Hall–Kier alpha value is -1.17. The number of rotatable bonds is 4. The summed E-state index contributed by atoms with van der Waals surface area (Å²) in [6.45, 7) is 1.47. The molecule has 0 spiro atoms. The highest BCUT2D eigenvalue weighted by Gasteiger charge is 2.25. The van der Waals surface area contributed by atoms with Crippen LogP contribution in [-0.4, -0.2) is 39.3 Å². The first kappa shape index (κ1) is 10.4. The van der Waals surface area contributed by atoms with Crippen LogP contribution in [0.2, 0.25) is 0 Å². The van der Waals surface area contributed by atoms with Gasteiger partial charge in [0.25, 0.3) is 0 Å². The molecule has 1 saturated carbocycles. The van der Waals surface area contributed by atoms with Crippen molar-refractivity contribution in [1.82, 2.24) is 20.2 Å². The minimum absolute atomic E-state index is 0.568. The van der Waals surface area contributed by atoms with Gasteiger partial charge in [-0.3, -0.25) is 0 Å². The van der Waals surface area contributed by atoms with Crippen molar-refractivity contribution in [2.75, 3.05) is 18.0 Å². The highest BCUT2D eigenvalue weighted by molar-refractivity contribution is 5.30. The third-order valence-electron chi connectivity index (χ3n) is 2.99. The van der Waals surface area contributed by atoms with Crippen LogP contribution >= 0.6 is 0 Å². The third kappa shape index (κ3) is 2.09. The second-order valence-corrected chi connectivity index (χ2v) is 4.02. The van der Waals surface area contributed by atoms with Gasteiger partial charge in [-0.2, -0.15) is 0 Å². The fourth-order valence-corrected chi connectivity index (χ4v) is 2.27. The maximum atomic E-state index is 5.63. The van der Waals surface area contributed by atoms with Gasteiger partial charge in [-0.05, 0) is 23.3 Å². The average Bonchev–Trinajstić information content (AvgIpc) is 2.85. The Labute approximate surface area is 89.4 Å². The molecule has 84 valence electrons. The molecule has 6 heteroatoms. The normalized spacial score (nSPS) is 17.2. The van der Waals surface area contributed by atoms with Crippen LogP contribution in [-0.2, 0) is 7.05 Å². The third-order valence-corrected chi connectivity index (χ3v) is 2.99. The van der Waals surface area contributed by atoms with E-state index < -0.39 is 0 Å². The van der Waals surface area contributed by atoms with E-state index in [9.17, 15) is 0 Å². The van der Waals surface area contributed by atoms with E-state index in [-0.39, 0.29) is 0 Å². The quantitative estimate of drug-likeness (QED) is 0.752. The lowest BCUT2D eigenvalue weighted by Gasteiger charge is -2.28. The zero-order valence-electron chi connectivity index (χ0n) is 9.13. The summed E-state index contributed by atoms with van der Waals surface area (Å²) in [5.41, 5.74) is 5.63. The summed E-state index contributed by atoms with van der Waals surface area (Å²) in [6.07, 6.45) is 5.06. The van der Waals surface area contributed by atoms with Crippen molar-refractivity contribution in [3.8, 4) is 0 Å². The van der Waals surface area contributed by atoms with Gasteiger partial charge in [-0.15, -0.1) is 0 Å². The smallest absolute Gasteiger partial charge is 0.245 e. The lowest BCUT2D eigenvalue weighted by atomic mass is 10.2. The molecular formula is C9H18N6. The molecule has 2 N–H and O–H groups in total. The number of nitrogens with two attached hydrogens (primary N) is 1. The zero-order chi connectivity index (χ0) is 10.7. The Morgan fingerprint density at radius 1 is 1.47 bits per heavy atom. The first-order valence-electron chi connectivity index (χ1n) is 5.52. The van der Waals surface area contributed by atoms with E-state index in [1.807, 2.05) is 7.05 Å². The number of nitrogens with zero attached hydrogens (tertiary/aromatic N) is 5. The van der Waals surface area contributed by atoms with Crippen LogP contribution in [0.5, 0.6) is 0 Å². The van der Waals surface area contributed by atoms with E-state index >= 15 is 0 Å². The molecule has 1 aliphatic carbocycles. The molecule has 0 saturated heterocycles. The van der Waals surface area contributed by atoms with Crippen molar-refractivity contribution in [3.05, 3.63) is 0 Å². The molecule has 2 rings (SSSR count). The minimum Gasteiger partial charge on any atom is -0.335 e. The van der Waals surface area contributed by atoms with Crippen LogP contribution < -0.4 is 10.6 Å². The maximum absolute atomic E-state index is 5.63. The molecular weight excluding hydrogens is 192 g/mol. The Balaban J connectivity index is 2.15. The van der Waals surface area contributed by atoms with Crippen LogP contribution in [0.3, 0.4) is 0 Å². The van der Waals surface area contributed by atoms with Crippen LogP contribution in [0.1, 0.15) is 25.7 Å². The molecule has 1 fully saturated rings. The standard InChI is InChI=1S/C9H18N6/c1-14-9(11-12-13-14)15(7-6-10)8-4-2-3-5-8/h8H,2-7,10H2,1H3. The summed E-state index contributed by atoms with van der Waals surface area (Å²) in [7, 11) is 1.87. The first-order valence-corrected chi connectivity index (χ1v) is 5.52. The number of aromatic nitrogens is 4. The van der Waals surface area contributed by atoms with Crippen molar-refractivity contribution in [3.63, 3.8) is 0 Å². The Morgan fingerprint density at radius 2 is 2.20 bits per heavy atom. The van der Waals surface area contributed by atoms with Gasteiger partial charge in [0, 0.05) is 26.2 Å². The SMILES string of the molecule is Cn1nnnc1N(CCN)C1CCCC1. The van der Waals surface area contributed by atoms with Gasteiger partial charge in [0.2, 0.25) is 5.95 Å². The Morgan fingerprint density at radius 3 is 2.73 bits per heavy atom. The number of anilines is 1. The van der Waals surface area contributed by atoms with Crippen molar-refractivity contribution < 1.29 is 0 Å². The fourth-order valence-electron chi connectivity index (χ4n) is 2.27. The zero-order valence-corrected chi connectivity index (χ0v) is 9.13. The van der Waals surface area contributed by atoms with Gasteiger partial charge in [-0.25, -0.2) is 4.68 Å². The molecule has 1 heterocycles. The van der Waals surface area contributed by atoms with Gasteiger partial charge >= 0.3 is 0 Å². The molecule has 6 nitrogen and oxygen atoms in total. The summed E-state index contributed by atoms with van der Waals surface area (Å²) < 4.78 is 1.72. The monoisotopic (exact) mass is 210 g/mol. The van der Waals surface area contributed by atoms with Crippen molar-refractivity contribution in [1.29, 1.82) is 0 Å². The van der Waals surface area contributed by atoms with E-state index in [0.717, 1.165) is 12.5 Å². The molecule has 1 aromatic rings. The number of tetrazole rings is 1. The van der Waals surface area contributed by atoms with Gasteiger partial charge in [-0.1, -0.05) is 17.9 Å². The second-order valence-electron chi connectivity index (χ2n) is 4.02. The van der Waals surface area contributed by atoms with Crippen LogP contribution in [0, 0.1) is 0 Å². The number of aryl methyl sites for hydroxylation is 1. The van der Waals surface area contributed by atoms with Crippen molar-refractivity contribution >= 4 is 5.95 Å². The van der Waals surface area contributed by atoms with Crippen LogP contribution in [0.4, 0.5) is 5.95 Å². The summed E-state index contributed by atoms with van der Waals surface area (Å²) in [5.74, 6) is 0.840. The summed E-state index contributed by atoms with van der Waals surface area (Å²) >= 11 is 0. The van der Waals surface area contributed by atoms with E-state index in [2.05, 4.69) is 20.4 Å². The summed E-state index contributed by atoms with van der Waals surface area (Å²) in [5, 5.41) is 11.6. The molecule has 0 aromatic carbocycles. The molecule has 0 atom stereocenters. The first-order chi connectivity index (χ1) is 7.33. The summed E-state index contributed by atoms with van der Waals surface area (Å²) in [4.78, 5) is 2.24. The largest absolute Gasteiger partial charge is 0.335 e. The van der Waals surface area contributed by atoms with Crippen LogP contribution in [0.15, 0.2) is 0 Å². The summed E-state index contributed by atoms with van der Waals surface area (Å²) in [6, 6.07) is 0.568. The highest BCUT2D eigenvalue weighted by atomic mass is 15.6. The Kier molecular flexibility index (Phi) is 3.15. The maximum Gasteiger partial charge on any atom is 0.245 e. The van der Waals surface area contributed by atoms with Crippen molar-refractivity contribution in [2.45, 2.75) is 31.7 Å². The van der Waals surface area contributed by atoms with Gasteiger partial charge in [0.05, 0.1) is 0 Å². The lowest BCUT2D eigenvalue weighted by molar-refractivity contribution is 0.576. The number of hydrogen-bond acceptors (Lipinski definition) is 5. The van der Waals surface area contributed by atoms with E-state index in [4.69, 9.17) is 5.73 Å². The predicted molar refractivity (Wildman–Crippen MR) is 57.5 cm³/mol. The molecule has 1 aliphatic rings. The van der Waals surface area contributed by atoms with Gasteiger partial charge in [0.15, 0.2) is 0 Å². The molecule has 0 aliphatic heterocycles. The molecule has 0 bridgehead atoms. The van der Waals surface area contributed by atoms with Gasteiger partial charge in [0.1, 0.15) is 0 Å². The fraction of sp³-hybridized carbons (Fsp3) is 0.889. The average molecular weight is 210 g/mol. The topological polar surface area (TPSA) is 72.9 Å². The molecule has 0 amide bonds. The molecule has 0 radical (unpaired) electrons. The van der Waals surface area contributed by atoms with Crippen molar-refractivity contribution in [2.24, 2.45) is 12.8 Å². The lowest BCUT2D eigenvalue weighted by Crippen LogP contribution is -2.39. The van der Waals surface area contributed by atoms with E-state index in [1.165, 1.54) is 25.7 Å². The minimum atomic E-state index is 0.568. The van der Waals surface area contributed by atoms with Gasteiger partial charge < -0.3 is 10.6 Å². The highest BCUT2D eigenvalue weighted by Crippen LogP contribution is 2.25. The molecule has 1 aromatic heterocycles. The predicted octanol–water partition coefficient (Wildman–Crippen LogP) is -0.0822. The van der Waals surface area contributed by atoms with Crippen LogP contribution in [0.25, 0.3) is 0 Å². The Bertz CT molecular complexity index is 303. The van der Waals surface area contributed by atoms with E-state index in [1.54, 1.807) is 4.68 Å². The molecule has 15 heavy (non-hydrogen) atoms. The van der Waals surface area contributed by atoms with E-state index in [0.29, 0.717) is 12.6 Å². The number of hydrogen-bond donors (Lipinski definition) is 1. The molecule has 0 unspecified atom stereocenters.